The number of carbonyl (C=O) groups is 3. The smallest absolute Gasteiger partial charge is 0.410 e. The van der Waals surface area contributed by atoms with Gasteiger partial charge in [-0.05, 0) is 101 Å². The maximum Gasteiger partial charge on any atom is 0.410 e. The first-order chi connectivity index (χ1) is 32.9. The van der Waals surface area contributed by atoms with Crippen LogP contribution >= 0.6 is 0 Å². The summed E-state index contributed by atoms with van der Waals surface area (Å²) < 4.78 is 76.9. The third-order valence-corrected chi connectivity index (χ3v) is 17.7. The minimum Gasteiger partial charge on any atom is -0.458 e. The third kappa shape index (κ3) is 13.7. The van der Waals surface area contributed by atoms with E-state index in [1.165, 1.54) is 12.0 Å². The Morgan fingerprint density at radius 2 is 1.51 bits per heavy atom. The van der Waals surface area contributed by atoms with Crippen LogP contribution in [0.3, 0.4) is 0 Å². The van der Waals surface area contributed by atoms with E-state index in [1.54, 1.807) is 48.7 Å². The van der Waals surface area contributed by atoms with Gasteiger partial charge in [0.15, 0.2) is 18.2 Å². The second-order valence-corrected chi connectivity index (χ2v) is 24.5. The molecule has 4 saturated heterocycles. The highest BCUT2D eigenvalue weighted by Crippen LogP contribution is 2.46. The van der Waals surface area contributed by atoms with Crippen molar-refractivity contribution in [2.75, 3.05) is 86.6 Å². The highest BCUT2D eigenvalue weighted by atomic mass is 32.2. The second kappa shape index (κ2) is 24.7. The Morgan fingerprint density at radius 3 is 2.06 bits per heavy atom. The molecule has 0 unspecified atom stereocenters. The molecule has 20 heteroatoms. The lowest BCUT2D eigenvalue weighted by Gasteiger charge is -2.54. The van der Waals surface area contributed by atoms with Crippen LogP contribution in [-0.2, 0) is 57.3 Å². The number of hydrogen-bond acceptors (Lipinski definition) is 18. The molecule has 0 aliphatic carbocycles. The Balaban J connectivity index is 1.87. The fourth-order valence-electron chi connectivity index (χ4n) is 12.1. The number of hydrogen-bond donors (Lipinski definition) is 2. The maximum atomic E-state index is 15.0. The number of aliphatic hydroxyl groups excluding tert-OH is 1. The van der Waals surface area contributed by atoms with Gasteiger partial charge in [0.1, 0.15) is 39.0 Å². The van der Waals surface area contributed by atoms with Crippen molar-refractivity contribution < 1.29 is 70.9 Å². The molecule has 4 heterocycles. The highest BCUT2D eigenvalue weighted by molar-refractivity contribution is 7.90. The summed E-state index contributed by atoms with van der Waals surface area (Å²) in [4.78, 5) is 51.7. The summed E-state index contributed by atoms with van der Waals surface area (Å²) in [5, 5.41) is 24.5. The van der Waals surface area contributed by atoms with Gasteiger partial charge in [-0.15, -0.1) is 0 Å². The van der Waals surface area contributed by atoms with Crippen molar-refractivity contribution in [1.82, 2.24) is 19.6 Å². The van der Waals surface area contributed by atoms with E-state index in [4.69, 9.17) is 37.9 Å². The molecule has 2 N–H and O–H groups in total. The quantitative estimate of drug-likeness (QED) is 0.175. The molecule has 4 aliphatic heterocycles. The average Bonchev–Trinajstić information content (AvgIpc) is 3.56. The van der Waals surface area contributed by atoms with Crippen molar-refractivity contribution in [1.29, 1.82) is 0 Å². The van der Waals surface area contributed by atoms with Gasteiger partial charge < -0.3 is 67.7 Å². The molecule has 0 aromatic heterocycles. The lowest BCUT2D eigenvalue weighted by Crippen LogP contribution is -2.70. The molecular formula is C51H94N4O15S. The van der Waals surface area contributed by atoms with Gasteiger partial charge in [0.25, 0.3) is 0 Å². The summed E-state index contributed by atoms with van der Waals surface area (Å²) in [6, 6.07) is -1.29. The van der Waals surface area contributed by atoms with E-state index in [0.29, 0.717) is 13.0 Å². The SMILES string of the molecule is CC[C@H]1OC(=O)[C@H](C)[C@@H](O[C@H]2C[C@@](C)(OC)[C@@](O)(CN(C)CCN(CC)CC)[C@H](C)O2)[C@H](C)[C@@H](O[C@@H]2O[C@H](C)C[C@H](N(C)C)[C@H]2O)[C@@](C)(OC)C[C@@H](C)C(=O)[C@H](C)[C@H]2N(CCCS(C)(=O)=O)C(=O)O[C@]12C. The van der Waals surface area contributed by atoms with Crippen LogP contribution in [-0.4, -0.2) is 226 Å². The number of sulfone groups is 1. The molecule has 414 valence electrons. The normalized spacial score (nSPS) is 41.3. The number of fused-ring (bicyclic) bond motifs is 1. The van der Waals surface area contributed by atoms with Crippen molar-refractivity contribution >= 4 is 27.7 Å². The number of nitrogens with zero attached hydrogens (tertiary/aromatic N) is 4. The van der Waals surface area contributed by atoms with Gasteiger partial charge in [0.05, 0.1) is 47.7 Å². The molecule has 71 heavy (non-hydrogen) atoms. The Bertz CT molecular complexity index is 1880. The van der Waals surface area contributed by atoms with Gasteiger partial charge in [-0.1, -0.05) is 41.5 Å². The van der Waals surface area contributed by atoms with E-state index < -0.39 is 117 Å². The molecule has 4 aliphatic rings. The lowest BCUT2D eigenvalue weighted by molar-refractivity contribution is -0.339. The van der Waals surface area contributed by atoms with Gasteiger partial charge in [-0.3, -0.25) is 9.59 Å². The fourth-order valence-corrected chi connectivity index (χ4v) is 12.7. The molecule has 1 amide bonds. The lowest BCUT2D eigenvalue weighted by atomic mass is 9.73. The molecule has 4 rings (SSSR count). The first-order valence-electron chi connectivity index (χ1n) is 26.0. The Morgan fingerprint density at radius 1 is 0.873 bits per heavy atom. The summed E-state index contributed by atoms with van der Waals surface area (Å²) in [5.74, 6) is -4.58. The van der Waals surface area contributed by atoms with E-state index in [0.717, 1.165) is 25.9 Å². The summed E-state index contributed by atoms with van der Waals surface area (Å²) in [6.45, 7) is 25.7. The van der Waals surface area contributed by atoms with Crippen molar-refractivity contribution in [3.8, 4) is 0 Å². The standard InChI is InChI=1S/C51H94N4O15S/c1-19-38-50(12)43(55(47(59)70-50)23-22-26-71(18,61)62)33(6)40(56)31(4)28-48(10,63-16)44(69-46-41(57)37(52(13)14)27-32(5)65-46)34(7)42(35(8)45(58)67-38)68-39-29-49(11,64-17)51(60,36(9)66-39)30-53(15)24-25-54(20-2)21-3/h31-39,41-44,46,57,60H,19-30H2,1-18H3/t31-,32-,33+,34+,35-,36+,37+,38-,39+,41-,42+,43-,44-,46+,48+,49-,50-,51-/m1/s1. The Hall–Kier alpha value is -2.08. The summed E-state index contributed by atoms with van der Waals surface area (Å²) in [5.41, 5.74) is -5.57. The van der Waals surface area contributed by atoms with Gasteiger partial charge in [-0.25, -0.2) is 13.2 Å². The maximum absolute atomic E-state index is 15.0. The van der Waals surface area contributed by atoms with Gasteiger partial charge in [0.2, 0.25) is 0 Å². The molecular weight excluding hydrogens is 941 g/mol. The van der Waals surface area contributed by atoms with Crippen LogP contribution in [0.1, 0.15) is 115 Å². The first-order valence-corrected chi connectivity index (χ1v) is 28.1. The van der Waals surface area contributed by atoms with E-state index in [2.05, 4.69) is 23.6 Å². The van der Waals surface area contributed by atoms with E-state index >= 15 is 9.59 Å². The zero-order valence-corrected chi connectivity index (χ0v) is 47.3. The average molecular weight is 1040 g/mol. The van der Waals surface area contributed by atoms with Crippen molar-refractivity contribution in [2.45, 2.75) is 199 Å². The number of ether oxygens (including phenoxy) is 8. The number of carbonyl (C=O) groups excluding carboxylic acids is 3. The number of amides is 1. The summed E-state index contributed by atoms with van der Waals surface area (Å²) in [6.07, 6.45) is -6.26. The molecule has 19 nitrogen and oxygen atoms in total. The number of aliphatic hydroxyl groups is 2. The molecule has 0 saturated carbocycles. The van der Waals surface area contributed by atoms with Crippen LogP contribution in [0.2, 0.25) is 0 Å². The monoisotopic (exact) mass is 1030 g/mol. The predicted octanol–water partition coefficient (Wildman–Crippen LogP) is 3.99. The van der Waals surface area contributed by atoms with Crippen molar-refractivity contribution in [3.63, 3.8) is 0 Å². The van der Waals surface area contributed by atoms with Crippen LogP contribution in [0, 0.1) is 23.7 Å². The fraction of sp³-hybridized carbons (Fsp3) is 0.941. The molecule has 0 aromatic rings. The number of esters is 1. The predicted molar refractivity (Wildman–Crippen MR) is 268 cm³/mol. The van der Waals surface area contributed by atoms with E-state index in [-0.39, 0.29) is 62.5 Å². The van der Waals surface area contributed by atoms with Crippen LogP contribution in [0.5, 0.6) is 0 Å². The van der Waals surface area contributed by atoms with Gasteiger partial charge in [0, 0.05) is 76.9 Å². The van der Waals surface area contributed by atoms with Gasteiger partial charge >= 0.3 is 12.1 Å². The van der Waals surface area contributed by atoms with Crippen molar-refractivity contribution in [3.05, 3.63) is 0 Å². The first kappa shape index (κ1) is 61.5. The number of rotatable bonds is 19. The largest absolute Gasteiger partial charge is 0.458 e. The minimum atomic E-state index is -3.39. The van der Waals surface area contributed by atoms with Gasteiger partial charge in [-0.2, -0.15) is 0 Å². The number of cyclic esters (lactones) is 1. The molecule has 18 atom stereocenters. The van der Waals surface area contributed by atoms with Crippen LogP contribution in [0.15, 0.2) is 0 Å². The zero-order chi connectivity index (χ0) is 53.8. The molecule has 0 spiro atoms. The molecule has 0 aromatic carbocycles. The molecule has 0 radical (unpaired) electrons. The van der Waals surface area contributed by atoms with E-state index in [1.807, 2.05) is 53.7 Å². The number of likely N-dealkylation sites (N-methyl/N-ethyl adjacent to an activating group) is 3. The molecule has 4 fully saturated rings. The van der Waals surface area contributed by atoms with Crippen LogP contribution < -0.4 is 0 Å². The number of ketones is 1. The Kier molecular flexibility index (Phi) is 21.4. The summed E-state index contributed by atoms with van der Waals surface area (Å²) in [7, 11) is 5.41. The topological polar surface area (TPSA) is 213 Å². The zero-order valence-electron chi connectivity index (χ0n) is 46.5. The third-order valence-electron chi connectivity index (χ3n) is 16.7. The molecule has 0 bridgehead atoms. The van der Waals surface area contributed by atoms with E-state index in [9.17, 15) is 23.4 Å². The van der Waals surface area contributed by atoms with Crippen LogP contribution in [0.25, 0.3) is 0 Å². The number of methoxy groups -OCH3 is 2. The Labute approximate surface area is 426 Å². The summed E-state index contributed by atoms with van der Waals surface area (Å²) >= 11 is 0. The minimum absolute atomic E-state index is 0.0178. The van der Waals surface area contributed by atoms with Crippen LogP contribution in [0.4, 0.5) is 4.79 Å². The number of Topliss-reactive ketones (excluding diaryl/α,β-unsaturated/α-hetero) is 1. The van der Waals surface area contributed by atoms with Crippen molar-refractivity contribution in [2.24, 2.45) is 23.7 Å². The highest BCUT2D eigenvalue weighted by Gasteiger charge is 2.62. The second-order valence-electron chi connectivity index (χ2n) is 22.2.